The summed E-state index contributed by atoms with van der Waals surface area (Å²) in [6.07, 6.45) is 5.57. The van der Waals surface area contributed by atoms with Gasteiger partial charge in [-0.1, -0.05) is 6.42 Å². The molecule has 0 aliphatic rings. The van der Waals surface area contributed by atoms with Crippen LogP contribution in [0.5, 0.6) is 5.75 Å². The Morgan fingerprint density at radius 1 is 1.44 bits per heavy atom. The average Bonchev–Trinajstić information content (AvgIpc) is 2.29. The normalized spacial score (nSPS) is 10.1. The molecule has 0 atom stereocenters. The monoisotopic (exact) mass is 242 g/mol. The molecule has 1 amide bonds. The van der Waals surface area contributed by atoms with E-state index in [2.05, 4.69) is 10.3 Å². The first-order valence-electron chi connectivity index (χ1n) is 5.23. The van der Waals surface area contributed by atoms with E-state index in [1.807, 2.05) is 0 Å². The second-order valence-corrected chi connectivity index (χ2v) is 3.78. The zero-order chi connectivity index (χ0) is 11.8. The predicted molar refractivity (Wildman–Crippen MR) is 62.8 cm³/mol. The van der Waals surface area contributed by atoms with Crippen molar-refractivity contribution in [1.29, 1.82) is 0 Å². The lowest BCUT2D eigenvalue weighted by molar-refractivity contribution is 0.0950. The highest BCUT2D eigenvalue weighted by Gasteiger charge is 2.09. The van der Waals surface area contributed by atoms with Crippen LogP contribution in [0.15, 0.2) is 18.5 Å². The van der Waals surface area contributed by atoms with E-state index >= 15 is 0 Å². The van der Waals surface area contributed by atoms with E-state index in [1.54, 1.807) is 0 Å². The van der Waals surface area contributed by atoms with Crippen LogP contribution in [0.4, 0.5) is 0 Å². The highest BCUT2D eigenvalue weighted by molar-refractivity contribution is 6.17. The topological polar surface area (TPSA) is 62.2 Å². The van der Waals surface area contributed by atoms with E-state index < -0.39 is 0 Å². The zero-order valence-electron chi connectivity index (χ0n) is 8.95. The van der Waals surface area contributed by atoms with E-state index in [-0.39, 0.29) is 17.2 Å². The fourth-order valence-corrected chi connectivity index (χ4v) is 1.46. The SMILES string of the molecule is O=C(NCCCCCCl)c1ccncc1O. The van der Waals surface area contributed by atoms with Crippen molar-refractivity contribution < 1.29 is 9.90 Å². The molecule has 1 rings (SSSR count). The fraction of sp³-hybridized carbons (Fsp3) is 0.455. The van der Waals surface area contributed by atoms with Crippen LogP contribution in [-0.4, -0.2) is 28.4 Å². The van der Waals surface area contributed by atoms with Crippen molar-refractivity contribution in [2.24, 2.45) is 0 Å². The number of amides is 1. The van der Waals surface area contributed by atoms with Crippen molar-refractivity contribution in [1.82, 2.24) is 10.3 Å². The number of carbonyl (C=O) groups excluding carboxylic acids is 1. The predicted octanol–water partition coefficient (Wildman–Crippen LogP) is 1.93. The van der Waals surface area contributed by atoms with Gasteiger partial charge < -0.3 is 10.4 Å². The lowest BCUT2D eigenvalue weighted by Crippen LogP contribution is -2.24. The van der Waals surface area contributed by atoms with Gasteiger partial charge in [0.05, 0.1) is 11.8 Å². The number of halogens is 1. The maximum atomic E-state index is 11.6. The average molecular weight is 243 g/mol. The summed E-state index contributed by atoms with van der Waals surface area (Å²) >= 11 is 5.53. The van der Waals surface area contributed by atoms with Crippen LogP contribution in [0.25, 0.3) is 0 Å². The van der Waals surface area contributed by atoms with Crippen LogP contribution < -0.4 is 5.32 Å². The molecule has 0 spiro atoms. The molecule has 1 heterocycles. The number of unbranched alkanes of at least 4 members (excludes halogenated alkanes) is 2. The first-order chi connectivity index (χ1) is 7.75. The molecule has 5 heteroatoms. The van der Waals surface area contributed by atoms with Crippen LogP contribution in [0.1, 0.15) is 29.6 Å². The smallest absolute Gasteiger partial charge is 0.255 e. The van der Waals surface area contributed by atoms with Gasteiger partial charge in [0.2, 0.25) is 0 Å². The van der Waals surface area contributed by atoms with E-state index in [4.69, 9.17) is 11.6 Å². The molecule has 0 radical (unpaired) electrons. The minimum absolute atomic E-state index is 0.0965. The first kappa shape index (κ1) is 12.8. The number of aromatic nitrogens is 1. The molecule has 0 saturated carbocycles. The van der Waals surface area contributed by atoms with Gasteiger partial charge in [0.25, 0.3) is 5.91 Å². The number of nitrogens with zero attached hydrogens (tertiary/aromatic N) is 1. The van der Waals surface area contributed by atoms with Crippen LogP contribution in [-0.2, 0) is 0 Å². The molecule has 0 fully saturated rings. The Kier molecular flexibility index (Phi) is 5.64. The molecule has 16 heavy (non-hydrogen) atoms. The number of hydrogen-bond donors (Lipinski definition) is 2. The van der Waals surface area contributed by atoms with Crippen molar-refractivity contribution in [2.45, 2.75) is 19.3 Å². The summed E-state index contributed by atoms with van der Waals surface area (Å²) in [5.41, 5.74) is 0.257. The van der Waals surface area contributed by atoms with Crippen molar-refractivity contribution in [3.63, 3.8) is 0 Å². The molecule has 1 aromatic heterocycles. The largest absolute Gasteiger partial charge is 0.505 e. The first-order valence-corrected chi connectivity index (χ1v) is 5.76. The molecule has 0 saturated heterocycles. The third kappa shape index (κ3) is 4.06. The second kappa shape index (κ2) is 7.06. The summed E-state index contributed by atoms with van der Waals surface area (Å²) in [6, 6.07) is 1.49. The van der Waals surface area contributed by atoms with Crippen LogP contribution in [0.2, 0.25) is 0 Å². The molecule has 0 bridgehead atoms. The lowest BCUT2D eigenvalue weighted by Gasteiger charge is -2.05. The number of rotatable bonds is 6. The Balaban J connectivity index is 2.33. The van der Waals surface area contributed by atoms with Gasteiger partial charge in [-0.3, -0.25) is 9.78 Å². The van der Waals surface area contributed by atoms with E-state index in [0.29, 0.717) is 12.4 Å². The summed E-state index contributed by atoms with van der Waals surface area (Å²) in [7, 11) is 0. The summed E-state index contributed by atoms with van der Waals surface area (Å²) in [4.78, 5) is 15.3. The number of carbonyl (C=O) groups is 1. The summed E-state index contributed by atoms with van der Waals surface area (Å²) in [5.74, 6) is 0.283. The Labute approximate surface area is 99.6 Å². The minimum atomic E-state index is -0.272. The van der Waals surface area contributed by atoms with Crippen LogP contribution in [0, 0.1) is 0 Å². The highest BCUT2D eigenvalue weighted by Crippen LogP contribution is 2.13. The molecule has 4 nitrogen and oxygen atoms in total. The van der Waals surface area contributed by atoms with Gasteiger partial charge in [-0.25, -0.2) is 0 Å². The van der Waals surface area contributed by atoms with Gasteiger partial charge in [0, 0.05) is 18.6 Å². The Morgan fingerprint density at radius 2 is 2.25 bits per heavy atom. The zero-order valence-corrected chi connectivity index (χ0v) is 9.70. The van der Waals surface area contributed by atoms with E-state index in [9.17, 15) is 9.90 Å². The number of hydrogen-bond acceptors (Lipinski definition) is 3. The molecule has 0 aliphatic carbocycles. The quantitative estimate of drug-likeness (QED) is 0.592. The van der Waals surface area contributed by atoms with Crippen molar-refractivity contribution in [3.05, 3.63) is 24.0 Å². The van der Waals surface area contributed by atoms with Crippen molar-refractivity contribution in [3.8, 4) is 5.75 Å². The van der Waals surface area contributed by atoms with Crippen LogP contribution in [0.3, 0.4) is 0 Å². The maximum Gasteiger partial charge on any atom is 0.255 e. The summed E-state index contributed by atoms with van der Waals surface area (Å²) in [6.45, 7) is 0.595. The Hall–Kier alpha value is -1.29. The van der Waals surface area contributed by atoms with Gasteiger partial charge in [-0.15, -0.1) is 11.6 Å². The number of aromatic hydroxyl groups is 1. The number of pyridine rings is 1. The van der Waals surface area contributed by atoms with Gasteiger partial charge in [0.1, 0.15) is 5.75 Å². The maximum absolute atomic E-state index is 11.6. The third-order valence-electron chi connectivity index (χ3n) is 2.14. The van der Waals surface area contributed by atoms with Gasteiger partial charge in [-0.05, 0) is 18.9 Å². The van der Waals surface area contributed by atoms with Crippen molar-refractivity contribution >= 4 is 17.5 Å². The van der Waals surface area contributed by atoms with E-state index in [0.717, 1.165) is 19.3 Å². The van der Waals surface area contributed by atoms with Crippen molar-refractivity contribution in [2.75, 3.05) is 12.4 Å². The lowest BCUT2D eigenvalue weighted by atomic mass is 10.2. The highest BCUT2D eigenvalue weighted by atomic mass is 35.5. The molecule has 0 aliphatic heterocycles. The van der Waals surface area contributed by atoms with Gasteiger partial charge in [0.15, 0.2) is 0 Å². The molecule has 1 aromatic rings. The van der Waals surface area contributed by atoms with Crippen LogP contribution >= 0.6 is 11.6 Å². The van der Waals surface area contributed by atoms with Gasteiger partial charge in [-0.2, -0.15) is 0 Å². The molecule has 88 valence electrons. The van der Waals surface area contributed by atoms with Gasteiger partial charge >= 0.3 is 0 Å². The summed E-state index contributed by atoms with van der Waals surface area (Å²) < 4.78 is 0. The molecule has 0 unspecified atom stereocenters. The standard InChI is InChI=1S/C11H15ClN2O2/c12-5-2-1-3-6-14-11(16)9-4-7-13-8-10(9)15/h4,7-8,15H,1-3,5-6H2,(H,14,16). The van der Waals surface area contributed by atoms with E-state index in [1.165, 1.54) is 18.5 Å². The Bertz CT molecular complexity index is 345. The third-order valence-corrected chi connectivity index (χ3v) is 2.41. The summed E-state index contributed by atoms with van der Waals surface area (Å²) in [5, 5.41) is 12.1. The molecular formula is C11H15ClN2O2. The second-order valence-electron chi connectivity index (χ2n) is 3.40. The number of nitrogens with one attached hydrogen (secondary N) is 1. The minimum Gasteiger partial charge on any atom is -0.505 e. The molecule has 0 aromatic carbocycles. The Morgan fingerprint density at radius 3 is 2.94 bits per heavy atom. The molecular weight excluding hydrogens is 228 g/mol. The fourth-order valence-electron chi connectivity index (χ4n) is 1.27. The number of alkyl halides is 1. The molecule has 2 N–H and O–H groups in total.